The Morgan fingerprint density at radius 2 is 2.04 bits per heavy atom. The first-order valence-electron chi connectivity index (χ1n) is 8.85. The number of carbonyl (C=O) groups excluding carboxylic acids is 1. The predicted octanol–water partition coefficient (Wildman–Crippen LogP) is 3.00. The third-order valence-electron chi connectivity index (χ3n) is 4.88. The van der Waals surface area contributed by atoms with Crippen molar-refractivity contribution in [2.45, 2.75) is 44.9 Å². The Kier molecular flexibility index (Phi) is 6.22. The number of nitrogens with zero attached hydrogens (tertiary/aromatic N) is 3. The molecule has 0 spiro atoms. The molecule has 7 heteroatoms. The number of nitrogens with one attached hydrogen (secondary N) is 2. The van der Waals surface area contributed by atoms with Gasteiger partial charge < -0.3 is 15.6 Å². The van der Waals surface area contributed by atoms with Crippen LogP contribution in [0, 0.1) is 11.3 Å². The van der Waals surface area contributed by atoms with Crippen molar-refractivity contribution in [3.63, 3.8) is 0 Å². The molecule has 0 bridgehead atoms. The Morgan fingerprint density at radius 1 is 1.40 bits per heavy atom. The van der Waals surface area contributed by atoms with Gasteiger partial charge >= 0.3 is 11.7 Å². The molecule has 0 aromatic carbocycles. The summed E-state index contributed by atoms with van der Waals surface area (Å²) in [6, 6.07) is -0.449. The lowest BCUT2D eigenvalue weighted by Gasteiger charge is -2.16. The van der Waals surface area contributed by atoms with Crippen LogP contribution in [0.3, 0.4) is 0 Å². The van der Waals surface area contributed by atoms with E-state index in [0.29, 0.717) is 11.5 Å². The molecule has 7 nitrogen and oxygen atoms in total. The van der Waals surface area contributed by atoms with E-state index in [0.717, 1.165) is 35.2 Å². The molecular formula is C18H29N5O2. The molecule has 0 unspecified atom stereocenters. The van der Waals surface area contributed by atoms with Crippen LogP contribution in [-0.2, 0) is 7.05 Å². The summed E-state index contributed by atoms with van der Waals surface area (Å²) in [5, 5.41) is 10.7. The number of hydrogen-bond acceptors (Lipinski definition) is 4. The molecule has 1 aromatic heterocycles. The fourth-order valence-electron chi connectivity index (χ4n) is 3.42. The number of amides is 1. The van der Waals surface area contributed by atoms with Gasteiger partial charge in [0, 0.05) is 33.1 Å². The van der Waals surface area contributed by atoms with E-state index in [2.05, 4.69) is 11.9 Å². The molecule has 0 aliphatic heterocycles. The minimum Gasteiger partial charge on any atom is -0.343 e. The Bertz CT molecular complexity index is 708. The van der Waals surface area contributed by atoms with Crippen LogP contribution < -0.4 is 11.0 Å². The molecule has 0 radical (unpaired) electrons. The van der Waals surface area contributed by atoms with Crippen LogP contribution in [0.4, 0.5) is 10.6 Å². The zero-order valence-electron chi connectivity index (χ0n) is 15.5. The topological polar surface area (TPSA) is 83.1 Å². The molecule has 1 amide bonds. The van der Waals surface area contributed by atoms with E-state index in [9.17, 15) is 9.59 Å². The lowest BCUT2D eigenvalue weighted by atomic mass is 10.00. The highest BCUT2D eigenvalue weighted by Crippen LogP contribution is 2.29. The van der Waals surface area contributed by atoms with Crippen molar-refractivity contribution in [3.8, 4) is 0 Å². The maximum atomic E-state index is 12.4. The number of imidazole rings is 1. The zero-order valence-corrected chi connectivity index (χ0v) is 15.5. The normalized spacial score (nSPS) is 14.5. The minimum absolute atomic E-state index is 0.312. The van der Waals surface area contributed by atoms with E-state index in [1.807, 2.05) is 0 Å². The highest BCUT2D eigenvalue weighted by atomic mass is 16.2. The number of aromatic nitrogens is 2. The van der Waals surface area contributed by atoms with Crippen LogP contribution >= 0.6 is 0 Å². The highest BCUT2D eigenvalue weighted by molar-refractivity contribution is 5.89. The first kappa shape index (κ1) is 19.0. The second-order valence-electron chi connectivity index (χ2n) is 7.00. The molecule has 1 aliphatic rings. The van der Waals surface area contributed by atoms with Crippen LogP contribution in [0.2, 0.25) is 0 Å². The van der Waals surface area contributed by atoms with Gasteiger partial charge in [-0.3, -0.25) is 4.57 Å². The highest BCUT2D eigenvalue weighted by Gasteiger charge is 2.23. The van der Waals surface area contributed by atoms with Gasteiger partial charge in [0.1, 0.15) is 11.5 Å². The van der Waals surface area contributed by atoms with Crippen molar-refractivity contribution < 1.29 is 4.79 Å². The van der Waals surface area contributed by atoms with Gasteiger partial charge in [-0.15, -0.1) is 0 Å². The molecule has 2 rings (SSSR count). The molecule has 138 valence electrons. The van der Waals surface area contributed by atoms with E-state index in [-0.39, 0.29) is 0 Å². The van der Waals surface area contributed by atoms with Crippen molar-refractivity contribution in [1.29, 1.82) is 5.41 Å². The van der Waals surface area contributed by atoms with Crippen LogP contribution in [0.25, 0.3) is 0 Å². The third kappa shape index (κ3) is 4.21. The molecular weight excluding hydrogens is 318 g/mol. The summed E-state index contributed by atoms with van der Waals surface area (Å²) in [5.41, 5.74) is 0.641. The first-order valence-corrected chi connectivity index (χ1v) is 8.85. The fraction of sp³-hybridized carbons (Fsp3) is 0.611. The maximum Gasteiger partial charge on any atom is 0.338 e. The van der Waals surface area contributed by atoms with Gasteiger partial charge in [-0.2, -0.15) is 4.57 Å². The number of hydrogen-bond donors (Lipinski definition) is 2. The summed E-state index contributed by atoms with van der Waals surface area (Å²) in [5.74, 6) is 1.14. The van der Waals surface area contributed by atoms with E-state index >= 15 is 0 Å². The van der Waals surface area contributed by atoms with E-state index in [1.54, 1.807) is 21.1 Å². The van der Waals surface area contributed by atoms with Gasteiger partial charge in [-0.05, 0) is 18.8 Å². The second kappa shape index (κ2) is 8.18. The Balaban J connectivity index is 2.12. The Hall–Kier alpha value is -2.31. The zero-order chi connectivity index (χ0) is 18.6. The van der Waals surface area contributed by atoms with Crippen LogP contribution in [-0.4, -0.2) is 40.4 Å². The summed E-state index contributed by atoms with van der Waals surface area (Å²) in [4.78, 5) is 26.1. The summed E-state index contributed by atoms with van der Waals surface area (Å²) < 4.78 is 2.35. The Labute approximate surface area is 148 Å². The summed E-state index contributed by atoms with van der Waals surface area (Å²) in [7, 11) is 4.73. The van der Waals surface area contributed by atoms with Crippen LogP contribution in [0.5, 0.6) is 0 Å². The molecule has 1 heterocycles. The largest absolute Gasteiger partial charge is 0.343 e. The van der Waals surface area contributed by atoms with Gasteiger partial charge in [-0.25, -0.2) is 9.59 Å². The molecule has 1 saturated carbocycles. The Morgan fingerprint density at radius 3 is 2.60 bits per heavy atom. The van der Waals surface area contributed by atoms with Crippen LogP contribution in [0.1, 0.15) is 50.6 Å². The average molecular weight is 347 g/mol. The SMILES string of the molecule is C=C(CCCC1CCCC1)Nc1c(C=N)n(C)c(=O)n1C(=O)N(C)C. The molecule has 1 aliphatic carbocycles. The molecule has 1 fully saturated rings. The second-order valence-corrected chi connectivity index (χ2v) is 7.00. The molecule has 0 atom stereocenters. The van der Waals surface area contributed by atoms with E-state index < -0.39 is 11.7 Å². The van der Waals surface area contributed by atoms with Gasteiger partial charge in [0.15, 0.2) is 0 Å². The maximum absolute atomic E-state index is 12.4. The smallest absolute Gasteiger partial charge is 0.338 e. The monoisotopic (exact) mass is 347 g/mol. The van der Waals surface area contributed by atoms with Crippen LogP contribution in [0.15, 0.2) is 17.1 Å². The molecule has 1 aromatic rings. The lowest BCUT2D eigenvalue weighted by Crippen LogP contribution is -2.36. The standard InChI is InChI=1S/C18H29N5O2/c1-13(8-7-11-14-9-5-6-10-14)20-16-15(12-19)22(4)18(25)23(16)17(24)21(2)3/h12,14,19-20H,1,5-11H2,2-4H3. The fourth-order valence-corrected chi connectivity index (χ4v) is 3.42. The average Bonchev–Trinajstić information content (AvgIpc) is 3.15. The number of allylic oxidation sites excluding steroid dienone is 1. The van der Waals surface area contributed by atoms with Crippen molar-refractivity contribution in [3.05, 3.63) is 28.5 Å². The predicted molar refractivity (Wildman–Crippen MR) is 101 cm³/mol. The van der Waals surface area contributed by atoms with Crippen molar-refractivity contribution in [1.82, 2.24) is 14.0 Å². The third-order valence-corrected chi connectivity index (χ3v) is 4.88. The number of carbonyl (C=O) groups is 1. The lowest BCUT2D eigenvalue weighted by molar-refractivity contribution is 0.218. The number of rotatable bonds is 7. The van der Waals surface area contributed by atoms with Crippen molar-refractivity contribution in [2.75, 3.05) is 19.4 Å². The quantitative estimate of drug-likeness (QED) is 0.744. The van der Waals surface area contributed by atoms with Gasteiger partial charge in [-0.1, -0.05) is 38.7 Å². The van der Waals surface area contributed by atoms with E-state index in [4.69, 9.17) is 5.41 Å². The minimum atomic E-state index is -0.474. The van der Waals surface area contributed by atoms with Crippen molar-refractivity contribution >= 4 is 18.1 Å². The molecule has 0 saturated heterocycles. The van der Waals surface area contributed by atoms with Gasteiger partial charge in [0.2, 0.25) is 0 Å². The van der Waals surface area contributed by atoms with Crippen molar-refractivity contribution in [2.24, 2.45) is 13.0 Å². The summed E-state index contributed by atoms with van der Waals surface area (Å²) >= 11 is 0. The first-order chi connectivity index (χ1) is 11.9. The molecule has 25 heavy (non-hydrogen) atoms. The van der Waals surface area contributed by atoms with Gasteiger partial charge in [0.25, 0.3) is 0 Å². The summed E-state index contributed by atoms with van der Waals surface area (Å²) in [6.45, 7) is 4.04. The van der Waals surface area contributed by atoms with E-state index in [1.165, 1.54) is 41.6 Å². The summed E-state index contributed by atoms with van der Waals surface area (Å²) in [6.07, 6.45) is 9.43. The molecule has 2 N–H and O–H groups in total. The number of anilines is 1. The van der Waals surface area contributed by atoms with Gasteiger partial charge in [0.05, 0.1) is 0 Å².